The van der Waals surface area contributed by atoms with Gasteiger partial charge in [0, 0.05) is 19.8 Å². The van der Waals surface area contributed by atoms with E-state index in [1.54, 1.807) is 18.2 Å². The Labute approximate surface area is 98.5 Å². The molecule has 15 heavy (non-hydrogen) atoms. The van der Waals surface area contributed by atoms with Crippen LogP contribution in [0.15, 0.2) is 18.2 Å². The van der Waals surface area contributed by atoms with Crippen molar-refractivity contribution in [1.29, 1.82) is 0 Å². The normalized spacial score (nSPS) is 13.2. The summed E-state index contributed by atoms with van der Waals surface area (Å²) in [6, 6.07) is 5.02. The van der Waals surface area contributed by atoms with Crippen molar-refractivity contribution in [3.8, 4) is 0 Å². The van der Waals surface area contributed by atoms with Crippen LogP contribution in [0.1, 0.15) is 11.7 Å². The molecule has 0 aromatic heterocycles. The Morgan fingerprint density at radius 2 is 1.80 bits per heavy atom. The van der Waals surface area contributed by atoms with E-state index < -0.39 is 12.4 Å². The van der Waals surface area contributed by atoms with Crippen LogP contribution in [0.4, 0.5) is 0 Å². The number of aliphatic hydroxyl groups excluding tert-OH is 1. The van der Waals surface area contributed by atoms with E-state index in [1.807, 2.05) is 0 Å². The Morgan fingerprint density at radius 3 is 2.33 bits per heavy atom. The van der Waals surface area contributed by atoms with Crippen molar-refractivity contribution in [2.24, 2.45) is 0 Å². The van der Waals surface area contributed by atoms with E-state index in [2.05, 4.69) is 0 Å². The Balaban J connectivity index is 2.99. The predicted molar refractivity (Wildman–Crippen MR) is 59.2 cm³/mol. The zero-order valence-corrected chi connectivity index (χ0v) is 9.92. The molecule has 0 saturated carbocycles. The zero-order valence-electron chi connectivity index (χ0n) is 8.41. The minimum absolute atomic E-state index is 0.311. The van der Waals surface area contributed by atoms with Gasteiger partial charge in [0.2, 0.25) is 0 Å². The lowest BCUT2D eigenvalue weighted by Crippen LogP contribution is -2.23. The van der Waals surface area contributed by atoms with Crippen molar-refractivity contribution in [3.05, 3.63) is 33.8 Å². The van der Waals surface area contributed by atoms with Crippen LogP contribution in [-0.4, -0.2) is 25.6 Å². The highest BCUT2D eigenvalue weighted by Gasteiger charge is 2.23. The molecular weight excluding hydrogens is 239 g/mol. The molecule has 1 rings (SSSR count). The second-order valence-corrected chi connectivity index (χ2v) is 3.71. The van der Waals surface area contributed by atoms with E-state index in [9.17, 15) is 5.11 Å². The summed E-state index contributed by atoms with van der Waals surface area (Å²) in [4.78, 5) is 0. The number of rotatable bonds is 4. The molecule has 0 radical (unpaired) electrons. The Bertz CT molecular complexity index is 326. The van der Waals surface area contributed by atoms with Crippen molar-refractivity contribution >= 4 is 23.2 Å². The Kier molecular flexibility index (Phi) is 4.83. The number of halogens is 2. The van der Waals surface area contributed by atoms with Gasteiger partial charge in [-0.2, -0.15) is 0 Å². The maximum absolute atomic E-state index is 9.89. The molecular formula is C10H12Cl2O3. The minimum Gasteiger partial charge on any atom is -0.383 e. The second-order valence-electron chi connectivity index (χ2n) is 2.93. The first kappa shape index (κ1) is 12.7. The van der Waals surface area contributed by atoms with Crippen molar-refractivity contribution in [2.75, 3.05) is 14.2 Å². The Morgan fingerprint density at radius 1 is 1.20 bits per heavy atom. The van der Waals surface area contributed by atoms with Crippen molar-refractivity contribution in [1.82, 2.24) is 0 Å². The lowest BCUT2D eigenvalue weighted by molar-refractivity contribution is -0.166. The van der Waals surface area contributed by atoms with E-state index in [-0.39, 0.29) is 0 Å². The minimum atomic E-state index is -0.966. The van der Waals surface area contributed by atoms with E-state index in [1.165, 1.54) is 14.2 Å². The summed E-state index contributed by atoms with van der Waals surface area (Å²) in [6.45, 7) is 0. The van der Waals surface area contributed by atoms with Crippen LogP contribution in [0.5, 0.6) is 0 Å². The second kappa shape index (κ2) is 5.68. The summed E-state index contributed by atoms with van der Waals surface area (Å²) >= 11 is 11.8. The largest absolute Gasteiger partial charge is 0.383 e. The molecule has 0 aliphatic rings. The molecule has 1 atom stereocenters. The van der Waals surface area contributed by atoms with Gasteiger partial charge in [0.15, 0.2) is 6.29 Å². The van der Waals surface area contributed by atoms with Gasteiger partial charge in [-0.15, -0.1) is 0 Å². The first-order chi connectivity index (χ1) is 7.11. The summed E-state index contributed by atoms with van der Waals surface area (Å²) in [5, 5.41) is 10.6. The highest BCUT2D eigenvalue weighted by Crippen LogP contribution is 2.31. The van der Waals surface area contributed by atoms with Crippen molar-refractivity contribution < 1.29 is 14.6 Å². The fourth-order valence-electron chi connectivity index (χ4n) is 1.25. The van der Waals surface area contributed by atoms with Crippen LogP contribution < -0.4 is 0 Å². The summed E-state index contributed by atoms with van der Waals surface area (Å²) in [6.07, 6.45) is -1.73. The summed E-state index contributed by atoms with van der Waals surface area (Å²) < 4.78 is 9.87. The first-order valence-corrected chi connectivity index (χ1v) is 5.05. The van der Waals surface area contributed by atoms with Gasteiger partial charge >= 0.3 is 0 Å². The lowest BCUT2D eigenvalue weighted by atomic mass is 10.1. The third kappa shape index (κ3) is 2.83. The molecule has 0 heterocycles. The fraction of sp³-hybridized carbons (Fsp3) is 0.400. The molecule has 0 amide bonds. The van der Waals surface area contributed by atoms with Crippen molar-refractivity contribution in [2.45, 2.75) is 12.4 Å². The molecule has 0 fully saturated rings. The number of benzene rings is 1. The summed E-state index contributed by atoms with van der Waals surface area (Å²) in [5.74, 6) is 0. The molecule has 1 aromatic carbocycles. The van der Waals surface area contributed by atoms with Crippen LogP contribution in [0.25, 0.3) is 0 Å². The smallest absolute Gasteiger partial charge is 0.187 e. The van der Waals surface area contributed by atoms with Gasteiger partial charge in [-0.1, -0.05) is 35.3 Å². The predicted octanol–water partition coefficient (Wildman–Crippen LogP) is 2.65. The third-order valence-electron chi connectivity index (χ3n) is 2.02. The zero-order chi connectivity index (χ0) is 11.4. The molecule has 1 unspecified atom stereocenters. The number of ether oxygens (including phenoxy) is 2. The number of aliphatic hydroxyl groups is 1. The number of hydrogen-bond donors (Lipinski definition) is 1. The topological polar surface area (TPSA) is 38.7 Å². The molecule has 0 aliphatic carbocycles. The number of methoxy groups -OCH3 is 2. The number of hydrogen-bond acceptors (Lipinski definition) is 3. The first-order valence-electron chi connectivity index (χ1n) is 4.29. The highest BCUT2D eigenvalue weighted by molar-refractivity contribution is 6.42. The summed E-state index contributed by atoms with van der Waals surface area (Å²) in [5.41, 5.74) is 0.484. The quantitative estimate of drug-likeness (QED) is 0.836. The maximum Gasteiger partial charge on any atom is 0.187 e. The molecule has 84 valence electrons. The van der Waals surface area contributed by atoms with Crippen LogP contribution >= 0.6 is 23.2 Å². The lowest BCUT2D eigenvalue weighted by Gasteiger charge is -2.21. The van der Waals surface area contributed by atoms with E-state index in [4.69, 9.17) is 32.7 Å². The van der Waals surface area contributed by atoms with E-state index >= 15 is 0 Å². The van der Waals surface area contributed by atoms with Gasteiger partial charge in [-0.25, -0.2) is 0 Å². The van der Waals surface area contributed by atoms with Crippen LogP contribution in [-0.2, 0) is 9.47 Å². The Hall–Kier alpha value is -0.320. The molecule has 0 bridgehead atoms. The fourth-order valence-corrected chi connectivity index (χ4v) is 1.67. The van der Waals surface area contributed by atoms with Crippen LogP contribution in [0, 0.1) is 0 Å². The van der Waals surface area contributed by atoms with Gasteiger partial charge in [0.25, 0.3) is 0 Å². The van der Waals surface area contributed by atoms with Gasteiger partial charge in [-0.05, 0) is 6.07 Å². The third-order valence-corrected chi connectivity index (χ3v) is 2.86. The van der Waals surface area contributed by atoms with Crippen LogP contribution in [0.3, 0.4) is 0 Å². The monoisotopic (exact) mass is 250 g/mol. The van der Waals surface area contributed by atoms with Crippen LogP contribution in [0.2, 0.25) is 10.0 Å². The maximum atomic E-state index is 9.89. The molecule has 5 heteroatoms. The highest BCUT2D eigenvalue weighted by atomic mass is 35.5. The molecule has 0 spiro atoms. The SMILES string of the molecule is COC(OC)C(O)c1cccc(Cl)c1Cl. The van der Waals surface area contributed by atoms with Crippen molar-refractivity contribution in [3.63, 3.8) is 0 Å². The van der Waals surface area contributed by atoms with Gasteiger partial charge in [-0.3, -0.25) is 0 Å². The molecule has 1 N–H and O–H groups in total. The molecule has 0 saturated heterocycles. The molecule has 0 aliphatic heterocycles. The van der Waals surface area contributed by atoms with Gasteiger partial charge in [0.05, 0.1) is 10.0 Å². The molecule has 1 aromatic rings. The standard InChI is InChI=1S/C10H12Cl2O3/c1-14-10(15-2)9(13)6-4-3-5-7(11)8(6)12/h3-5,9-10,13H,1-2H3. The average Bonchev–Trinajstić information content (AvgIpc) is 2.23. The van der Waals surface area contributed by atoms with Gasteiger partial charge in [0.1, 0.15) is 6.10 Å². The van der Waals surface area contributed by atoms with Gasteiger partial charge < -0.3 is 14.6 Å². The molecule has 3 nitrogen and oxygen atoms in total. The summed E-state index contributed by atoms with van der Waals surface area (Å²) in [7, 11) is 2.88. The van der Waals surface area contributed by atoms with E-state index in [0.29, 0.717) is 15.6 Å². The average molecular weight is 251 g/mol. The van der Waals surface area contributed by atoms with E-state index in [0.717, 1.165) is 0 Å².